The zero-order chi connectivity index (χ0) is 12.4. The number of hydrogen-bond acceptors (Lipinski definition) is 1. The van der Waals surface area contributed by atoms with Crippen molar-refractivity contribution >= 4 is 44.3 Å². The lowest BCUT2D eigenvalue weighted by molar-refractivity contribution is 0.103. The molecular formula is C14H10BrIO. The van der Waals surface area contributed by atoms with Crippen molar-refractivity contribution in [3.05, 3.63) is 67.2 Å². The molecule has 86 valence electrons. The Labute approximate surface area is 123 Å². The summed E-state index contributed by atoms with van der Waals surface area (Å²) in [6.07, 6.45) is 0. The maximum atomic E-state index is 12.4. The van der Waals surface area contributed by atoms with Crippen molar-refractivity contribution in [1.29, 1.82) is 0 Å². The van der Waals surface area contributed by atoms with Crippen molar-refractivity contribution in [2.75, 3.05) is 0 Å². The van der Waals surface area contributed by atoms with Gasteiger partial charge < -0.3 is 0 Å². The summed E-state index contributed by atoms with van der Waals surface area (Å²) < 4.78 is 1.90. The summed E-state index contributed by atoms with van der Waals surface area (Å²) in [5.41, 5.74) is 2.48. The largest absolute Gasteiger partial charge is 0.289 e. The minimum atomic E-state index is 0.0634. The molecule has 0 aliphatic heterocycles. The van der Waals surface area contributed by atoms with Crippen LogP contribution in [-0.4, -0.2) is 5.78 Å². The van der Waals surface area contributed by atoms with Gasteiger partial charge in [-0.15, -0.1) is 0 Å². The summed E-state index contributed by atoms with van der Waals surface area (Å²) in [7, 11) is 0. The molecular weight excluding hydrogens is 391 g/mol. The molecule has 0 unspecified atom stereocenters. The third-order valence-corrected chi connectivity index (χ3v) is 3.93. The van der Waals surface area contributed by atoms with Gasteiger partial charge in [-0.1, -0.05) is 40.2 Å². The molecule has 0 aliphatic carbocycles. The number of halogens is 2. The monoisotopic (exact) mass is 400 g/mol. The van der Waals surface area contributed by atoms with Crippen LogP contribution in [0.1, 0.15) is 21.5 Å². The molecule has 17 heavy (non-hydrogen) atoms. The molecule has 1 nitrogen and oxygen atoms in total. The van der Waals surface area contributed by atoms with Gasteiger partial charge in [0.2, 0.25) is 0 Å². The van der Waals surface area contributed by atoms with Crippen molar-refractivity contribution in [2.24, 2.45) is 0 Å². The first-order chi connectivity index (χ1) is 8.09. The predicted molar refractivity (Wildman–Crippen MR) is 81.5 cm³/mol. The van der Waals surface area contributed by atoms with Crippen LogP contribution in [0, 0.1) is 10.5 Å². The van der Waals surface area contributed by atoms with E-state index in [0.29, 0.717) is 5.56 Å². The fourth-order valence-corrected chi connectivity index (χ4v) is 2.56. The summed E-state index contributed by atoms with van der Waals surface area (Å²) >= 11 is 5.64. The van der Waals surface area contributed by atoms with Gasteiger partial charge in [-0.25, -0.2) is 0 Å². The summed E-state index contributed by atoms with van der Waals surface area (Å²) in [5, 5.41) is 0. The lowest BCUT2D eigenvalue weighted by Gasteiger charge is -2.07. The second-order valence-corrected chi connectivity index (χ2v) is 5.87. The number of benzene rings is 2. The average Bonchev–Trinajstić information content (AvgIpc) is 2.32. The molecule has 0 saturated carbocycles. The maximum absolute atomic E-state index is 12.4. The van der Waals surface area contributed by atoms with E-state index < -0.39 is 0 Å². The SMILES string of the molecule is Cc1ccccc1C(=O)c1cc(I)ccc1Br. The van der Waals surface area contributed by atoms with E-state index in [2.05, 4.69) is 38.5 Å². The third-order valence-electron chi connectivity index (χ3n) is 2.56. The van der Waals surface area contributed by atoms with E-state index in [1.54, 1.807) is 0 Å². The summed E-state index contributed by atoms with van der Waals surface area (Å²) in [4.78, 5) is 12.4. The number of carbonyl (C=O) groups excluding carboxylic acids is 1. The smallest absolute Gasteiger partial charge is 0.194 e. The summed E-state index contributed by atoms with van der Waals surface area (Å²) in [5.74, 6) is 0.0634. The van der Waals surface area contributed by atoms with Crippen molar-refractivity contribution in [2.45, 2.75) is 6.92 Å². The van der Waals surface area contributed by atoms with E-state index in [-0.39, 0.29) is 5.78 Å². The first kappa shape index (κ1) is 12.8. The third kappa shape index (κ3) is 2.77. The van der Waals surface area contributed by atoms with Gasteiger partial charge in [0.15, 0.2) is 5.78 Å². The maximum Gasteiger partial charge on any atom is 0.194 e. The highest BCUT2D eigenvalue weighted by atomic mass is 127. The molecule has 0 heterocycles. The number of aryl methyl sites for hydroxylation is 1. The van der Waals surface area contributed by atoms with Crippen LogP contribution in [0.4, 0.5) is 0 Å². The van der Waals surface area contributed by atoms with E-state index in [1.807, 2.05) is 49.4 Å². The quantitative estimate of drug-likeness (QED) is 0.532. The van der Waals surface area contributed by atoms with Crippen LogP contribution in [0.25, 0.3) is 0 Å². The Morgan fingerprint density at radius 2 is 1.82 bits per heavy atom. The van der Waals surface area contributed by atoms with E-state index >= 15 is 0 Å². The van der Waals surface area contributed by atoms with E-state index in [0.717, 1.165) is 19.2 Å². The molecule has 2 aromatic carbocycles. The van der Waals surface area contributed by atoms with Crippen LogP contribution < -0.4 is 0 Å². The summed E-state index contributed by atoms with van der Waals surface area (Å²) in [6.45, 7) is 1.95. The highest BCUT2D eigenvalue weighted by molar-refractivity contribution is 14.1. The van der Waals surface area contributed by atoms with E-state index in [9.17, 15) is 4.79 Å². The van der Waals surface area contributed by atoms with Crippen molar-refractivity contribution in [3.63, 3.8) is 0 Å². The summed E-state index contributed by atoms with van der Waals surface area (Å²) in [6, 6.07) is 13.4. The zero-order valence-electron chi connectivity index (χ0n) is 9.21. The van der Waals surface area contributed by atoms with Crippen molar-refractivity contribution in [1.82, 2.24) is 0 Å². The van der Waals surface area contributed by atoms with Crippen LogP contribution in [0.3, 0.4) is 0 Å². The fourth-order valence-electron chi connectivity index (χ4n) is 1.64. The lowest BCUT2D eigenvalue weighted by Crippen LogP contribution is -2.04. The van der Waals surface area contributed by atoms with Gasteiger partial charge in [-0.3, -0.25) is 4.79 Å². The van der Waals surface area contributed by atoms with Crippen LogP contribution in [0.2, 0.25) is 0 Å². The standard InChI is InChI=1S/C14H10BrIO/c1-9-4-2-3-5-11(9)14(17)12-8-10(16)6-7-13(12)15/h2-8H,1H3. The predicted octanol–water partition coefficient (Wildman–Crippen LogP) is 4.59. The highest BCUT2D eigenvalue weighted by Gasteiger charge is 2.14. The number of hydrogen-bond donors (Lipinski definition) is 0. The molecule has 0 bridgehead atoms. The Morgan fingerprint density at radius 3 is 2.53 bits per heavy atom. The highest BCUT2D eigenvalue weighted by Crippen LogP contribution is 2.23. The van der Waals surface area contributed by atoms with Gasteiger partial charge in [0, 0.05) is 19.2 Å². The number of rotatable bonds is 2. The van der Waals surface area contributed by atoms with Crippen molar-refractivity contribution < 1.29 is 4.79 Å². The number of ketones is 1. The zero-order valence-corrected chi connectivity index (χ0v) is 12.9. The van der Waals surface area contributed by atoms with Crippen LogP contribution in [0.5, 0.6) is 0 Å². The van der Waals surface area contributed by atoms with Gasteiger partial charge in [0.1, 0.15) is 0 Å². The topological polar surface area (TPSA) is 17.1 Å². The van der Waals surface area contributed by atoms with Gasteiger partial charge in [0.25, 0.3) is 0 Å². The Balaban J connectivity index is 2.51. The molecule has 2 aromatic rings. The molecule has 0 aromatic heterocycles. The molecule has 0 aliphatic rings. The van der Waals surface area contributed by atoms with Gasteiger partial charge in [-0.05, 0) is 53.3 Å². The average molecular weight is 401 g/mol. The second-order valence-electron chi connectivity index (χ2n) is 3.77. The van der Waals surface area contributed by atoms with Gasteiger partial charge in [0.05, 0.1) is 0 Å². The van der Waals surface area contributed by atoms with Crippen molar-refractivity contribution in [3.8, 4) is 0 Å². The molecule has 0 fully saturated rings. The minimum absolute atomic E-state index is 0.0634. The Kier molecular flexibility index (Phi) is 3.99. The van der Waals surface area contributed by atoms with Crippen LogP contribution in [0.15, 0.2) is 46.9 Å². The molecule has 0 amide bonds. The van der Waals surface area contributed by atoms with Gasteiger partial charge >= 0.3 is 0 Å². The fraction of sp³-hybridized carbons (Fsp3) is 0.0714. The molecule has 0 radical (unpaired) electrons. The number of carbonyl (C=O) groups is 1. The van der Waals surface area contributed by atoms with Gasteiger partial charge in [-0.2, -0.15) is 0 Å². The minimum Gasteiger partial charge on any atom is -0.289 e. The Morgan fingerprint density at radius 1 is 1.12 bits per heavy atom. The molecule has 0 saturated heterocycles. The van der Waals surface area contributed by atoms with Crippen LogP contribution >= 0.6 is 38.5 Å². The molecule has 2 rings (SSSR count). The van der Waals surface area contributed by atoms with Crippen LogP contribution in [-0.2, 0) is 0 Å². The van der Waals surface area contributed by atoms with E-state index in [4.69, 9.17) is 0 Å². The molecule has 0 atom stereocenters. The Hall–Kier alpha value is -0.680. The first-order valence-corrected chi connectivity index (χ1v) is 7.02. The first-order valence-electron chi connectivity index (χ1n) is 5.15. The van der Waals surface area contributed by atoms with E-state index in [1.165, 1.54) is 0 Å². The normalized spacial score (nSPS) is 10.3. The Bertz CT molecular complexity index is 578. The molecule has 0 N–H and O–H groups in total. The lowest BCUT2D eigenvalue weighted by atomic mass is 9.99. The molecule has 0 spiro atoms. The molecule has 3 heteroatoms. The second kappa shape index (κ2) is 5.31.